The third kappa shape index (κ3) is 2.44. The molecule has 0 saturated carbocycles. The second-order valence-electron chi connectivity index (χ2n) is 4.77. The molecule has 0 aliphatic heterocycles. The van der Waals surface area contributed by atoms with Gasteiger partial charge in [-0.15, -0.1) is 17.8 Å². The van der Waals surface area contributed by atoms with Crippen LogP contribution in [0.5, 0.6) is 0 Å². The summed E-state index contributed by atoms with van der Waals surface area (Å²) in [5.74, 6) is 2.63. The summed E-state index contributed by atoms with van der Waals surface area (Å²) in [6, 6.07) is 8.31. The van der Waals surface area contributed by atoms with Gasteiger partial charge in [0.25, 0.3) is 0 Å². The van der Waals surface area contributed by atoms with Gasteiger partial charge in [-0.3, -0.25) is 0 Å². The second-order valence-corrected chi connectivity index (χ2v) is 5.85. The second kappa shape index (κ2) is 5.47. The van der Waals surface area contributed by atoms with Gasteiger partial charge in [0, 0.05) is 41.0 Å². The minimum Gasteiger partial charge on any atom is -0.363 e. The zero-order chi connectivity index (χ0) is 14.8. The molecule has 0 unspecified atom stereocenters. The van der Waals surface area contributed by atoms with Crippen LogP contribution in [-0.4, -0.2) is 28.5 Å². The summed E-state index contributed by atoms with van der Waals surface area (Å²) in [6.45, 7) is 4.68. The molecule has 3 rings (SSSR count). The lowest BCUT2D eigenvalue weighted by Crippen LogP contribution is -2.15. The molecule has 0 radical (unpaired) electrons. The van der Waals surface area contributed by atoms with E-state index in [0.29, 0.717) is 6.54 Å². The molecule has 0 saturated heterocycles. The van der Waals surface area contributed by atoms with E-state index < -0.39 is 0 Å². The quantitative estimate of drug-likeness (QED) is 0.741. The summed E-state index contributed by atoms with van der Waals surface area (Å²) in [5, 5.41) is 1.13. The molecule has 3 nitrogen and oxygen atoms in total. The van der Waals surface area contributed by atoms with E-state index in [2.05, 4.69) is 40.7 Å². The van der Waals surface area contributed by atoms with Crippen molar-refractivity contribution < 1.29 is 0 Å². The van der Waals surface area contributed by atoms with Crippen LogP contribution in [-0.2, 0) is 0 Å². The van der Waals surface area contributed by atoms with Gasteiger partial charge in [0.05, 0.1) is 11.4 Å². The summed E-state index contributed by atoms with van der Waals surface area (Å²) in [6.07, 6.45) is 9.09. The SMILES string of the molecule is C#CCN(C)C(=C)c1ccc(-c2ccnc3[nH]ccc23)s1. The number of thiophene rings is 1. The summed E-state index contributed by atoms with van der Waals surface area (Å²) in [4.78, 5) is 11.8. The van der Waals surface area contributed by atoms with Gasteiger partial charge in [-0.25, -0.2) is 4.98 Å². The monoisotopic (exact) mass is 293 g/mol. The molecular weight excluding hydrogens is 278 g/mol. The Bertz CT molecular complexity index is 835. The number of aromatic amines is 1. The van der Waals surface area contributed by atoms with Gasteiger partial charge in [-0.1, -0.05) is 12.5 Å². The van der Waals surface area contributed by atoms with E-state index in [1.807, 2.05) is 30.4 Å². The fourth-order valence-electron chi connectivity index (χ4n) is 2.23. The number of hydrogen-bond acceptors (Lipinski definition) is 3. The zero-order valence-electron chi connectivity index (χ0n) is 11.8. The van der Waals surface area contributed by atoms with Crippen molar-refractivity contribution in [2.45, 2.75) is 0 Å². The third-order valence-corrected chi connectivity index (χ3v) is 4.57. The highest BCUT2D eigenvalue weighted by Crippen LogP contribution is 2.35. The summed E-state index contributed by atoms with van der Waals surface area (Å²) in [5.41, 5.74) is 3.04. The fraction of sp³-hybridized carbons (Fsp3) is 0.118. The van der Waals surface area contributed by atoms with Crippen LogP contribution in [0, 0.1) is 12.3 Å². The Morgan fingerprint density at radius 1 is 1.43 bits per heavy atom. The van der Waals surface area contributed by atoms with Crippen LogP contribution >= 0.6 is 11.3 Å². The molecule has 0 amide bonds. The molecule has 0 spiro atoms. The Labute approximate surface area is 127 Å². The van der Waals surface area contributed by atoms with E-state index in [4.69, 9.17) is 6.42 Å². The number of pyridine rings is 1. The van der Waals surface area contributed by atoms with Crippen molar-refractivity contribution in [3.63, 3.8) is 0 Å². The van der Waals surface area contributed by atoms with Crippen LogP contribution in [0.15, 0.2) is 43.2 Å². The van der Waals surface area contributed by atoms with Crippen molar-refractivity contribution in [1.29, 1.82) is 0 Å². The first kappa shape index (κ1) is 13.5. The minimum absolute atomic E-state index is 0.559. The number of hydrogen-bond donors (Lipinski definition) is 1. The molecule has 0 aliphatic carbocycles. The van der Waals surface area contributed by atoms with Gasteiger partial charge >= 0.3 is 0 Å². The van der Waals surface area contributed by atoms with E-state index in [-0.39, 0.29) is 0 Å². The summed E-state index contributed by atoms with van der Waals surface area (Å²) < 4.78 is 0. The third-order valence-electron chi connectivity index (χ3n) is 3.41. The normalized spacial score (nSPS) is 10.5. The average molecular weight is 293 g/mol. The van der Waals surface area contributed by atoms with E-state index in [1.54, 1.807) is 11.3 Å². The predicted molar refractivity (Wildman–Crippen MR) is 89.9 cm³/mol. The van der Waals surface area contributed by atoms with Crippen LogP contribution in [0.2, 0.25) is 0 Å². The number of rotatable bonds is 4. The van der Waals surface area contributed by atoms with E-state index in [1.165, 1.54) is 10.4 Å². The summed E-state index contributed by atoms with van der Waals surface area (Å²) >= 11 is 1.72. The molecule has 4 heteroatoms. The number of H-pyrrole nitrogens is 1. The van der Waals surface area contributed by atoms with E-state index in [9.17, 15) is 0 Å². The van der Waals surface area contributed by atoms with E-state index in [0.717, 1.165) is 21.6 Å². The van der Waals surface area contributed by atoms with Gasteiger partial charge in [-0.2, -0.15) is 0 Å². The first-order valence-electron chi connectivity index (χ1n) is 6.57. The van der Waals surface area contributed by atoms with Crippen molar-refractivity contribution in [2.75, 3.05) is 13.6 Å². The molecule has 3 aromatic heterocycles. The molecule has 0 aliphatic rings. The number of fused-ring (bicyclic) bond motifs is 1. The van der Waals surface area contributed by atoms with Crippen molar-refractivity contribution >= 4 is 28.1 Å². The molecule has 21 heavy (non-hydrogen) atoms. The smallest absolute Gasteiger partial charge is 0.137 e. The van der Waals surface area contributed by atoms with Gasteiger partial charge in [0.2, 0.25) is 0 Å². The topological polar surface area (TPSA) is 31.9 Å². The molecule has 0 bridgehead atoms. The maximum Gasteiger partial charge on any atom is 0.137 e. The Morgan fingerprint density at radius 2 is 2.29 bits per heavy atom. The Morgan fingerprint density at radius 3 is 3.10 bits per heavy atom. The highest BCUT2D eigenvalue weighted by atomic mass is 32.1. The zero-order valence-corrected chi connectivity index (χ0v) is 12.6. The number of nitrogens with one attached hydrogen (secondary N) is 1. The lowest BCUT2D eigenvalue weighted by Gasteiger charge is -2.17. The molecule has 1 N–H and O–H groups in total. The molecule has 3 aromatic rings. The standard InChI is InChI=1S/C17H15N3S/c1-4-11-20(3)12(2)15-5-6-16(21-15)13-7-9-18-17-14(13)8-10-19-17/h1,5-10H,2,11H2,3H3,(H,18,19). The highest BCUT2D eigenvalue weighted by molar-refractivity contribution is 7.16. The average Bonchev–Trinajstić information content (AvgIpc) is 3.15. The van der Waals surface area contributed by atoms with E-state index >= 15 is 0 Å². The molecule has 0 atom stereocenters. The van der Waals surface area contributed by atoms with Crippen molar-refractivity contribution in [2.24, 2.45) is 0 Å². The van der Waals surface area contributed by atoms with Gasteiger partial charge < -0.3 is 9.88 Å². The molecule has 0 aromatic carbocycles. The number of nitrogens with zero attached hydrogens (tertiary/aromatic N) is 2. The van der Waals surface area contributed by atoms with Gasteiger partial charge in [0.15, 0.2) is 0 Å². The van der Waals surface area contributed by atoms with Crippen LogP contribution in [0.4, 0.5) is 0 Å². The minimum atomic E-state index is 0.559. The molecular formula is C17H15N3S. The van der Waals surface area contributed by atoms with Crippen LogP contribution in [0.25, 0.3) is 27.2 Å². The highest BCUT2D eigenvalue weighted by Gasteiger charge is 2.11. The maximum absolute atomic E-state index is 5.35. The summed E-state index contributed by atoms with van der Waals surface area (Å²) in [7, 11) is 1.96. The van der Waals surface area contributed by atoms with Crippen LogP contribution in [0.3, 0.4) is 0 Å². The lowest BCUT2D eigenvalue weighted by atomic mass is 10.1. The van der Waals surface area contributed by atoms with Gasteiger partial charge in [-0.05, 0) is 24.3 Å². The Kier molecular flexibility index (Phi) is 3.51. The largest absolute Gasteiger partial charge is 0.363 e. The molecule has 104 valence electrons. The van der Waals surface area contributed by atoms with Crippen LogP contribution in [0.1, 0.15) is 4.88 Å². The van der Waals surface area contributed by atoms with Crippen molar-refractivity contribution in [3.8, 4) is 22.8 Å². The van der Waals surface area contributed by atoms with Crippen molar-refractivity contribution in [1.82, 2.24) is 14.9 Å². The lowest BCUT2D eigenvalue weighted by molar-refractivity contribution is 0.548. The predicted octanol–water partition coefficient (Wildman–Crippen LogP) is 3.83. The Balaban J connectivity index is 1.97. The first-order chi connectivity index (χ1) is 10.2. The molecule has 0 fully saturated rings. The number of terminal acetylenes is 1. The number of aromatic nitrogens is 2. The Hall–Kier alpha value is -2.51. The fourth-order valence-corrected chi connectivity index (χ4v) is 3.30. The van der Waals surface area contributed by atoms with Crippen LogP contribution < -0.4 is 0 Å². The first-order valence-corrected chi connectivity index (χ1v) is 7.38. The molecule has 3 heterocycles. The van der Waals surface area contributed by atoms with Gasteiger partial charge in [0.1, 0.15) is 5.65 Å². The maximum atomic E-state index is 5.35. The van der Waals surface area contributed by atoms with Crippen molar-refractivity contribution in [3.05, 3.63) is 48.1 Å².